The molecule has 4 rings (SSSR count). The van der Waals surface area contributed by atoms with Crippen LogP contribution in [0.25, 0.3) is 0 Å². The molecule has 1 aliphatic heterocycles. The normalized spacial score (nSPS) is 13.8. The van der Waals surface area contributed by atoms with Crippen molar-refractivity contribution in [3.63, 3.8) is 0 Å². The summed E-state index contributed by atoms with van der Waals surface area (Å²) in [5.74, 6) is 1.92. The predicted molar refractivity (Wildman–Crippen MR) is 131 cm³/mol. The van der Waals surface area contributed by atoms with Crippen molar-refractivity contribution in [1.82, 2.24) is 15.0 Å². The minimum absolute atomic E-state index is 0. The standard InChI is InChI=1S/C24H30N6.ClH/c1-18-10-9-12-20(16-18)17-25-22-27-23(26-21-13-6-5-11-19(21)2)29-24(28-22)30-14-7-3-4-8-15-30;/h5-6,9-13,16H,3-4,7-8,14-15,17H2,1-2H3,(H2,25,26,27,28,29);1H. The van der Waals surface area contributed by atoms with Crippen molar-refractivity contribution in [2.24, 2.45) is 0 Å². The number of nitrogens with one attached hydrogen (secondary N) is 2. The second-order valence-corrected chi connectivity index (χ2v) is 7.97. The van der Waals surface area contributed by atoms with Gasteiger partial charge in [0.05, 0.1) is 0 Å². The Bertz CT molecular complexity index is 985. The quantitative estimate of drug-likeness (QED) is 0.518. The van der Waals surface area contributed by atoms with Gasteiger partial charge in [-0.25, -0.2) is 0 Å². The van der Waals surface area contributed by atoms with E-state index in [2.05, 4.69) is 64.7 Å². The number of hydrogen-bond acceptors (Lipinski definition) is 6. The summed E-state index contributed by atoms with van der Waals surface area (Å²) < 4.78 is 0. The fourth-order valence-corrected chi connectivity index (χ4v) is 3.75. The van der Waals surface area contributed by atoms with Crippen LogP contribution in [-0.4, -0.2) is 28.0 Å². The van der Waals surface area contributed by atoms with E-state index >= 15 is 0 Å². The molecule has 2 aromatic carbocycles. The Balaban J connectivity index is 0.00000272. The lowest BCUT2D eigenvalue weighted by Crippen LogP contribution is -2.27. The molecule has 0 radical (unpaired) electrons. The van der Waals surface area contributed by atoms with Crippen molar-refractivity contribution in [1.29, 1.82) is 0 Å². The van der Waals surface area contributed by atoms with Gasteiger partial charge >= 0.3 is 0 Å². The van der Waals surface area contributed by atoms with Gasteiger partial charge in [-0.05, 0) is 43.9 Å². The van der Waals surface area contributed by atoms with E-state index in [4.69, 9.17) is 9.97 Å². The van der Waals surface area contributed by atoms with Gasteiger partial charge in [0.25, 0.3) is 0 Å². The summed E-state index contributed by atoms with van der Waals surface area (Å²) in [4.78, 5) is 16.5. The zero-order valence-electron chi connectivity index (χ0n) is 18.3. The highest BCUT2D eigenvalue weighted by molar-refractivity contribution is 5.85. The van der Waals surface area contributed by atoms with Gasteiger partial charge in [-0.2, -0.15) is 15.0 Å². The molecule has 0 spiro atoms. The third-order valence-corrected chi connectivity index (χ3v) is 5.44. The Kier molecular flexibility index (Phi) is 8.06. The van der Waals surface area contributed by atoms with Crippen LogP contribution < -0.4 is 15.5 Å². The first-order chi connectivity index (χ1) is 14.7. The average Bonchev–Trinajstić information content (AvgIpc) is 3.04. The largest absolute Gasteiger partial charge is 0.350 e. The number of anilines is 4. The SMILES string of the molecule is Cc1cccc(CNc2nc(Nc3ccccc3C)nc(N3CCCCCC3)n2)c1.Cl. The Morgan fingerprint density at radius 3 is 2.32 bits per heavy atom. The van der Waals surface area contributed by atoms with Crippen molar-refractivity contribution in [3.8, 4) is 0 Å². The molecule has 0 unspecified atom stereocenters. The molecule has 6 nitrogen and oxygen atoms in total. The summed E-state index contributed by atoms with van der Waals surface area (Å²) in [5.41, 5.74) is 4.62. The molecule has 0 atom stereocenters. The number of hydrogen-bond donors (Lipinski definition) is 2. The molecule has 2 N–H and O–H groups in total. The highest BCUT2D eigenvalue weighted by Crippen LogP contribution is 2.22. The molecular weight excluding hydrogens is 408 g/mol. The van der Waals surface area contributed by atoms with Gasteiger partial charge in [0, 0.05) is 25.3 Å². The highest BCUT2D eigenvalue weighted by atomic mass is 35.5. The highest BCUT2D eigenvalue weighted by Gasteiger charge is 2.16. The molecule has 0 bridgehead atoms. The van der Waals surface area contributed by atoms with Gasteiger partial charge in [0.1, 0.15) is 0 Å². The van der Waals surface area contributed by atoms with Crippen LogP contribution in [0.1, 0.15) is 42.4 Å². The Labute approximate surface area is 190 Å². The first-order valence-electron chi connectivity index (χ1n) is 10.8. The fourth-order valence-electron chi connectivity index (χ4n) is 3.75. The maximum atomic E-state index is 4.76. The third kappa shape index (κ3) is 6.31. The van der Waals surface area contributed by atoms with E-state index < -0.39 is 0 Å². The zero-order chi connectivity index (χ0) is 20.8. The van der Waals surface area contributed by atoms with Crippen LogP contribution in [0.2, 0.25) is 0 Å². The zero-order valence-corrected chi connectivity index (χ0v) is 19.1. The Hall–Kier alpha value is -2.86. The number of halogens is 1. The van der Waals surface area contributed by atoms with Crippen molar-refractivity contribution in [3.05, 3.63) is 65.2 Å². The molecule has 0 saturated carbocycles. The topological polar surface area (TPSA) is 66.0 Å². The lowest BCUT2D eigenvalue weighted by atomic mass is 10.1. The van der Waals surface area contributed by atoms with E-state index in [1.165, 1.54) is 36.8 Å². The van der Waals surface area contributed by atoms with Gasteiger partial charge in [-0.3, -0.25) is 0 Å². The van der Waals surface area contributed by atoms with E-state index in [1.807, 2.05) is 18.2 Å². The molecule has 31 heavy (non-hydrogen) atoms. The third-order valence-electron chi connectivity index (χ3n) is 5.44. The fraction of sp³-hybridized carbons (Fsp3) is 0.375. The summed E-state index contributed by atoms with van der Waals surface area (Å²) in [7, 11) is 0. The Morgan fingerprint density at radius 1 is 0.839 bits per heavy atom. The average molecular weight is 439 g/mol. The van der Waals surface area contributed by atoms with E-state index in [1.54, 1.807) is 0 Å². The van der Waals surface area contributed by atoms with Crippen LogP contribution in [0.15, 0.2) is 48.5 Å². The summed E-state index contributed by atoms with van der Waals surface area (Å²) in [6.07, 6.45) is 4.90. The minimum Gasteiger partial charge on any atom is -0.350 e. The molecule has 1 aromatic heterocycles. The summed E-state index contributed by atoms with van der Waals surface area (Å²) >= 11 is 0. The van der Waals surface area contributed by atoms with Gasteiger partial charge in [-0.15, -0.1) is 12.4 Å². The van der Waals surface area contributed by atoms with E-state index in [0.717, 1.165) is 30.3 Å². The van der Waals surface area contributed by atoms with Crippen molar-refractivity contribution >= 4 is 35.9 Å². The molecule has 0 amide bonds. The summed E-state index contributed by atoms with van der Waals surface area (Å²) in [6, 6.07) is 16.6. The van der Waals surface area contributed by atoms with E-state index in [0.29, 0.717) is 18.4 Å². The minimum atomic E-state index is 0. The molecule has 1 fully saturated rings. The number of rotatable bonds is 6. The van der Waals surface area contributed by atoms with Gasteiger partial charge < -0.3 is 15.5 Å². The summed E-state index contributed by atoms with van der Waals surface area (Å²) in [6.45, 7) is 6.84. The van der Waals surface area contributed by atoms with Gasteiger partial charge in [0.2, 0.25) is 17.8 Å². The van der Waals surface area contributed by atoms with Crippen LogP contribution >= 0.6 is 12.4 Å². The molecular formula is C24H31ClN6. The molecule has 7 heteroatoms. The van der Waals surface area contributed by atoms with Crippen molar-refractivity contribution in [2.75, 3.05) is 28.6 Å². The maximum absolute atomic E-state index is 4.76. The van der Waals surface area contributed by atoms with Crippen LogP contribution in [-0.2, 0) is 6.54 Å². The first-order valence-corrected chi connectivity index (χ1v) is 10.8. The molecule has 1 saturated heterocycles. The number of aryl methyl sites for hydroxylation is 2. The van der Waals surface area contributed by atoms with Gasteiger partial charge in [-0.1, -0.05) is 60.9 Å². The smallest absolute Gasteiger partial charge is 0.233 e. The van der Waals surface area contributed by atoms with Crippen LogP contribution in [0.5, 0.6) is 0 Å². The van der Waals surface area contributed by atoms with Crippen LogP contribution in [0, 0.1) is 13.8 Å². The first kappa shape index (κ1) is 22.8. The Morgan fingerprint density at radius 2 is 1.58 bits per heavy atom. The number of nitrogens with zero attached hydrogens (tertiary/aromatic N) is 4. The molecule has 164 valence electrons. The molecule has 2 heterocycles. The van der Waals surface area contributed by atoms with Crippen molar-refractivity contribution < 1.29 is 0 Å². The molecule has 3 aromatic rings. The second kappa shape index (κ2) is 11.0. The van der Waals surface area contributed by atoms with Crippen LogP contribution in [0.4, 0.5) is 23.5 Å². The van der Waals surface area contributed by atoms with E-state index in [-0.39, 0.29) is 12.4 Å². The molecule has 0 aliphatic carbocycles. The van der Waals surface area contributed by atoms with Crippen LogP contribution in [0.3, 0.4) is 0 Å². The lowest BCUT2D eigenvalue weighted by Gasteiger charge is -2.21. The monoisotopic (exact) mass is 438 g/mol. The number of aromatic nitrogens is 3. The predicted octanol–water partition coefficient (Wildman–Crippen LogP) is 5.65. The number of benzene rings is 2. The van der Waals surface area contributed by atoms with Gasteiger partial charge in [0.15, 0.2) is 0 Å². The molecule has 1 aliphatic rings. The number of para-hydroxylation sites is 1. The summed E-state index contributed by atoms with van der Waals surface area (Å²) in [5, 5.41) is 6.78. The van der Waals surface area contributed by atoms with Crippen molar-refractivity contribution in [2.45, 2.75) is 46.1 Å². The van der Waals surface area contributed by atoms with E-state index in [9.17, 15) is 0 Å². The lowest BCUT2D eigenvalue weighted by molar-refractivity contribution is 0.726. The second-order valence-electron chi connectivity index (χ2n) is 7.97. The maximum Gasteiger partial charge on any atom is 0.233 e.